The molecule has 0 unspecified atom stereocenters. The SMILES string of the molecule is CCN(CCCOC)c1ccc(NCC2CCC(NC(=O)OC(C)(C)C)CC2)cc1. The smallest absolute Gasteiger partial charge is 0.407 e. The molecule has 0 bridgehead atoms. The molecule has 0 atom stereocenters. The van der Waals surface area contributed by atoms with E-state index in [0.29, 0.717) is 5.92 Å². The summed E-state index contributed by atoms with van der Waals surface area (Å²) in [7, 11) is 1.75. The molecule has 0 spiro atoms. The van der Waals surface area contributed by atoms with Gasteiger partial charge >= 0.3 is 6.09 Å². The fraction of sp³-hybridized carbons (Fsp3) is 0.708. The van der Waals surface area contributed by atoms with E-state index >= 15 is 0 Å². The molecular formula is C24H41N3O3. The van der Waals surface area contributed by atoms with Crippen LogP contribution >= 0.6 is 0 Å². The van der Waals surface area contributed by atoms with Crippen LogP contribution < -0.4 is 15.5 Å². The zero-order chi connectivity index (χ0) is 22.0. The zero-order valence-electron chi connectivity index (χ0n) is 19.5. The van der Waals surface area contributed by atoms with Crippen molar-refractivity contribution in [2.75, 3.05) is 43.6 Å². The van der Waals surface area contributed by atoms with Crippen LogP contribution in [0.2, 0.25) is 0 Å². The van der Waals surface area contributed by atoms with E-state index in [-0.39, 0.29) is 12.1 Å². The Morgan fingerprint density at radius 3 is 2.37 bits per heavy atom. The van der Waals surface area contributed by atoms with Gasteiger partial charge in [0.05, 0.1) is 0 Å². The summed E-state index contributed by atoms with van der Waals surface area (Å²) in [5, 5.41) is 6.60. The number of carbonyl (C=O) groups is 1. The van der Waals surface area contributed by atoms with Crippen molar-refractivity contribution in [3.8, 4) is 0 Å². The number of benzene rings is 1. The fourth-order valence-electron chi connectivity index (χ4n) is 3.91. The summed E-state index contributed by atoms with van der Waals surface area (Å²) in [5.74, 6) is 0.641. The van der Waals surface area contributed by atoms with Gasteiger partial charge in [-0.05, 0) is 90.0 Å². The lowest BCUT2D eigenvalue weighted by Gasteiger charge is -2.30. The highest BCUT2D eigenvalue weighted by atomic mass is 16.6. The summed E-state index contributed by atoms with van der Waals surface area (Å²) in [6, 6.07) is 8.96. The minimum atomic E-state index is -0.446. The summed E-state index contributed by atoms with van der Waals surface area (Å²) in [6.45, 7) is 11.6. The van der Waals surface area contributed by atoms with E-state index in [1.807, 2.05) is 20.8 Å². The molecule has 1 aliphatic carbocycles. The first-order valence-corrected chi connectivity index (χ1v) is 11.4. The first kappa shape index (κ1) is 24.3. The molecule has 1 amide bonds. The Morgan fingerprint density at radius 2 is 1.80 bits per heavy atom. The van der Waals surface area contributed by atoms with Gasteiger partial charge in [-0.25, -0.2) is 4.79 Å². The molecule has 1 fully saturated rings. The van der Waals surface area contributed by atoms with E-state index in [9.17, 15) is 4.79 Å². The molecule has 6 nitrogen and oxygen atoms in total. The second-order valence-corrected chi connectivity index (χ2v) is 9.22. The maximum atomic E-state index is 11.9. The second-order valence-electron chi connectivity index (χ2n) is 9.22. The quantitative estimate of drug-likeness (QED) is 0.520. The highest BCUT2D eigenvalue weighted by Crippen LogP contribution is 2.26. The molecule has 170 valence electrons. The lowest BCUT2D eigenvalue weighted by Crippen LogP contribution is -2.41. The molecule has 1 saturated carbocycles. The van der Waals surface area contributed by atoms with Gasteiger partial charge < -0.3 is 25.0 Å². The average molecular weight is 420 g/mol. The topological polar surface area (TPSA) is 62.8 Å². The Labute approximate surface area is 182 Å². The zero-order valence-corrected chi connectivity index (χ0v) is 19.5. The van der Waals surface area contributed by atoms with Gasteiger partial charge in [0, 0.05) is 50.8 Å². The summed E-state index contributed by atoms with van der Waals surface area (Å²) >= 11 is 0. The van der Waals surface area contributed by atoms with Crippen LogP contribution in [0, 0.1) is 5.92 Å². The predicted octanol–water partition coefficient (Wildman–Crippen LogP) is 5.04. The van der Waals surface area contributed by atoms with Crippen molar-refractivity contribution in [2.45, 2.75) is 71.4 Å². The summed E-state index contributed by atoms with van der Waals surface area (Å²) in [6.07, 6.45) is 5.00. The van der Waals surface area contributed by atoms with Crippen LogP contribution in [-0.4, -0.2) is 51.1 Å². The Balaban J connectivity index is 1.71. The van der Waals surface area contributed by atoms with Gasteiger partial charge in [-0.1, -0.05) is 0 Å². The Kier molecular flexibility index (Phi) is 9.76. The first-order chi connectivity index (χ1) is 14.3. The summed E-state index contributed by atoms with van der Waals surface area (Å²) < 4.78 is 10.5. The van der Waals surface area contributed by atoms with Crippen molar-refractivity contribution in [2.24, 2.45) is 5.92 Å². The molecule has 6 heteroatoms. The Bertz CT molecular complexity index is 620. The summed E-state index contributed by atoms with van der Waals surface area (Å²) in [5.41, 5.74) is 1.98. The standard InChI is InChI=1S/C24H41N3O3/c1-6-27(16-7-17-29-5)22-14-12-20(13-15-22)25-18-19-8-10-21(11-9-19)26-23(28)30-24(2,3)4/h12-15,19,21,25H,6-11,16-18H2,1-5H3,(H,26,28). The van der Waals surface area contributed by atoms with E-state index < -0.39 is 5.60 Å². The van der Waals surface area contributed by atoms with Gasteiger partial charge in [-0.15, -0.1) is 0 Å². The lowest BCUT2D eigenvalue weighted by molar-refractivity contribution is 0.0488. The third kappa shape index (κ3) is 8.82. The molecule has 2 rings (SSSR count). The van der Waals surface area contributed by atoms with Crippen LogP contribution in [-0.2, 0) is 9.47 Å². The Morgan fingerprint density at radius 1 is 1.13 bits per heavy atom. The number of amides is 1. The molecule has 1 aromatic rings. The monoisotopic (exact) mass is 419 g/mol. The molecule has 0 aliphatic heterocycles. The van der Waals surface area contributed by atoms with Crippen molar-refractivity contribution in [3.63, 3.8) is 0 Å². The fourth-order valence-corrected chi connectivity index (χ4v) is 3.91. The number of anilines is 2. The van der Waals surface area contributed by atoms with Crippen molar-refractivity contribution in [1.29, 1.82) is 0 Å². The largest absolute Gasteiger partial charge is 0.444 e. The van der Waals surface area contributed by atoms with Crippen molar-refractivity contribution >= 4 is 17.5 Å². The number of hydrogen-bond acceptors (Lipinski definition) is 5. The van der Waals surface area contributed by atoms with Gasteiger partial charge in [0.25, 0.3) is 0 Å². The molecule has 0 radical (unpaired) electrons. The molecule has 2 N–H and O–H groups in total. The van der Waals surface area contributed by atoms with Crippen LogP contribution in [0.5, 0.6) is 0 Å². The average Bonchev–Trinajstić information content (AvgIpc) is 2.70. The minimum Gasteiger partial charge on any atom is -0.444 e. The Hall–Kier alpha value is -1.95. The third-order valence-corrected chi connectivity index (χ3v) is 5.55. The maximum Gasteiger partial charge on any atom is 0.407 e. The molecular weight excluding hydrogens is 378 g/mol. The molecule has 0 aromatic heterocycles. The second kappa shape index (κ2) is 12.0. The minimum absolute atomic E-state index is 0.230. The van der Waals surface area contributed by atoms with E-state index in [1.165, 1.54) is 11.4 Å². The number of ether oxygens (including phenoxy) is 2. The normalized spacial score (nSPS) is 19.2. The van der Waals surface area contributed by atoms with Crippen LogP contribution in [0.4, 0.5) is 16.2 Å². The van der Waals surface area contributed by atoms with Gasteiger partial charge in [-0.3, -0.25) is 0 Å². The van der Waals surface area contributed by atoms with Gasteiger partial charge in [0.1, 0.15) is 5.60 Å². The lowest BCUT2D eigenvalue weighted by atomic mass is 9.86. The van der Waals surface area contributed by atoms with Gasteiger partial charge in [-0.2, -0.15) is 0 Å². The van der Waals surface area contributed by atoms with E-state index in [4.69, 9.17) is 9.47 Å². The van der Waals surface area contributed by atoms with Crippen LogP contribution in [0.1, 0.15) is 59.8 Å². The van der Waals surface area contributed by atoms with E-state index in [2.05, 4.69) is 46.7 Å². The number of methoxy groups -OCH3 is 1. The number of carbonyl (C=O) groups excluding carboxylic acids is 1. The van der Waals surface area contributed by atoms with E-state index in [0.717, 1.165) is 58.3 Å². The number of nitrogens with zero attached hydrogens (tertiary/aromatic N) is 1. The molecule has 30 heavy (non-hydrogen) atoms. The van der Waals surface area contributed by atoms with Crippen LogP contribution in [0.15, 0.2) is 24.3 Å². The van der Waals surface area contributed by atoms with Crippen LogP contribution in [0.3, 0.4) is 0 Å². The van der Waals surface area contributed by atoms with Gasteiger partial charge in [0.2, 0.25) is 0 Å². The highest BCUT2D eigenvalue weighted by molar-refractivity contribution is 5.68. The molecule has 0 saturated heterocycles. The highest BCUT2D eigenvalue weighted by Gasteiger charge is 2.24. The number of alkyl carbamates (subject to hydrolysis) is 1. The first-order valence-electron chi connectivity index (χ1n) is 11.4. The maximum absolute atomic E-state index is 11.9. The van der Waals surface area contributed by atoms with Crippen molar-refractivity contribution < 1.29 is 14.3 Å². The number of hydrogen-bond donors (Lipinski definition) is 2. The molecule has 0 heterocycles. The van der Waals surface area contributed by atoms with Gasteiger partial charge in [0.15, 0.2) is 0 Å². The van der Waals surface area contributed by atoms with Crippen molar-refractivity contribution in [3.05, 3.63) is 24.3 Å². The predicted molar refractivity (Wildman–Crippen MR) is 124 cm³/mol. The summed E-state index contributed by atoms with van der Waals surface area (Å²) in [4.78, 5) is 14.3. The molecule has 1 aliphatic rings. The third-order valence-electron chi connectivity index (χ3n) is 5.55. The number of rotatable bonds is 10. The number of nitrogens with one attached hydrogen (secondary N) is 2. The van der Waals surface area contributed by atoms with Crippen molar-refractivity contribution in [1.82, 2.24) is 5.32 Å². The molecule has 1 aromatic carbocycles. The van der Waals surface area contributed by atoms with Crippen LogP contribution in [0.25, 0.3) is 0 Å². The van der Waals surface area contributed by atoms with E-state index in [1.54, 1.807) is 7.11 Å².